The molecule has 0 radical (unpaired) electrons. The van der Waals surface area contributed by atoms with Crippen LogP contribution in [0.15, 0.2) is 48.5 Å². The molecule has 4 N–H and O–H groups in total. The molecule has 4 rings (SSSR count). The number of carboxylic acids is 4. The molecule has 0 aliphatic carbocycles. The van der Waals surface area contributed by atoms with Crippen molar-refractivity contribution in [1.82, 2.24) is 0 Å². The second kappa shape index (κ2) is 6.56. The molecule has 0 saturated carbocycles. The second-order valence-corrected chi connectivity index (χ2v) is 6.66. The maximum absolute atomic E-state index is 12.1. The number of hydrogen-bond acceptors (Lipinski definition) is 4. The van der Waals surface area contributed by atoms with Crippen LogP contribution in [0, 0.1) is 0 Å². The van der Waals surface area contributed by atoms with Crippen LogP contribution < -0.4 is 0 Å². The van der Waals surface area contributed by atoms with Gasteiger partial charge in [-0.2, -0.15) is 0 Å². The van der Waals surface area contributed by atoms with Gasteiger partial charge >= 0.3 is 23.9 Å². The van der Waals surface area contributed by atoms with Crippen LogP contribution in [0.25, 0.3) is 32.3 Å². The lowest BCUT2D eigenvalue weighted by atomic mass is 9.89. The minimum absolute atomic E-state index is 0.00159. The molecule has 0 aliphatic heterocycles. The van der Waals surface area contributed by atoms with Crippen LogP contribution in [0.3, 0.4) is 0 Å². The maximum Gasteiger partial charge on any atom is 0.337 e. The highest BCUT2D eigenvalue weighted by molar-refractivity contribution is 6.23. The second-order valence-electron chi connectivity index (χ2n) is 6.66. The molecule has 148 valence electrons. The lowest BCUT2D eigenvalue weighted by Gasteiger charge is -2.13. The largest absolute Gasteiger partial charge is 0.478 e. The number of carbonyl (C=O) groups is 4. The fourth-order valence-electron chi connectivity index (χ4n) is 3.79. The van der Waals surface area contributed by atoms with E-state index in [9.17, 15) is 39.6 Å². The van der Waals surface area contributed by atoms with Gasteiger partial charge in [0.1, 0.15) is 0 Å². The first-order chi connectivity index (χ1) is 14.2. The molecule has 0 saturated heterocycles. The minimum Gasteiger partial charge on any atom is -0.478 e. The van der Waals surface area contributed by atoms with Gasteiger partial charge in [0, 0.05) is 0 Å². The number of hydrogen-bond donors (Lipinski definition) is 4. The third-order valence-electron chi connectivity index (χ3n) is 5.02. The highest BCUT2D eigenvalue weighted by atomic mass is 16.4. The number of aromatic carboxylic acids is 4. The molecule has 0 amide bonds. The highest BCUT2D eigenvalue weighted by Gasteiger charge is 2.24. The summed E-state index contributed by atoms with van der Waals surface area (Å²) in [7, 11) is 0. The van der Waals surface area contributed by atoms with Gasteiger partial charge in [0.15, 0.2) is 0 Å². The van der Waals surface area contributed by atoms with Gasteiger partial charge in [-0.15, -0.1) is 0 Å². The van der Waals surface area contributed by atoms with Crippen molar-refractivity contribution in [3.8, 4) is 0 Å². The smallest absolute Gasteiger partial charge is 0.337 e. The molecule has 0 aliphatic rings. The van der Waals surface area contributed by atoms with Gasteiger partial charge in [-0.25, -0.2) is 19.2 Å². The van der Waals surface area contributed by atoms with Crippen molar-refractivity contribution in [3.63, 3.8) is 0 Å². The summed E-state index contributed by atoms with van der Waals surface area (Å²) >= 11 is 0. The van der Waals surface area contributed by atoms with Gasteiger partial charge in [-0.05, 0) is 62.6 Å². The average molecular weight is 404 g/mol. The van der Waals surface area contributed by atoms with E-state index in [-0.39, 0.29) is 27.3 Å². The summed E-state index contributed by atoms with van der Waals surface area (Å²) in [4.78, 5) is 47.0. The Morgan fingerprint density at radius 1 is 0.500 bits per heavy atom. The van der Waals surface area contributed by atoms with Crippen molar-refractivity contribution in [2.24, 2.45) is 0 Å². The lowest BCUT2D eigenvalue weighted by Crippen LogP contribution is -2.10. The fourth-order valence-corrected chi connectivity index (χ4v) is 3.79. The van der Waals surface area contributed by atoms with Crippen molar-refractivity contribution in [2.75, 3.05) is 0 Å². The van der Waals surface area contributed by atoms with Crippen molar-refractivity contribution in [1.29, 1.82) is 0 Å². The first-order valence-corrected chi connectivity index (χ1v) is 8.60. The van der Waals surface area contributed by atoms with Gasteiger partial charge in [0.25, 0.3) is 0 Å². The molecule has 0 fully saturated rings. The van der Waals surface area contributed by atoms with Crippen LogP contribution in [0.4, 0.5) is 0 Å². The van der Waals surface area contributed by atoms with E-state index in [0.717, 1.165) is 6.07 Å². The van der Waals surface area contributed by atoms with E-state index in [1.165, 1.54) is 24.3 Å². The van der Waals surface area contributed by atoms with Crippen molar-refractivity contribution >= 4 is 56.2 Å². The Kier molecular flexibility index (Phi) is 4.13. The number of benzene rings is 4. The molecule has 4 aromatic carbocycles. The summed E-state index contributed by atoms with van der Waals surface area (Å²) in [5.41, 5.74) is -1.20. The maximum atomic E-state index is 12.1. The van der Waals surface area contributed by atoms with E-state index < -0.39 is 35.0 Å². The molecule has 0 aromatic heterocycles. The van der Waals surface area contributed by atoms with Gasteiger partial charge in [-0.3, -0.25) is 0 Å². The van der Waals surface area contributed by atoms with Gasteiger partial charge in [0.05, 0.1) is 22.3 Å². The third-order valence-corrected chi connectivity index (χ3v) is 5.02. The van der Waals surface area contributed by atoms with Gasteiger partial charge in [-0.1, -0.05) is 18.2 Å². The van der Waals surface area contributed by atoms with Crippen LogP contribution in [0.2, 0.25) is 0 Å². The van der Waals surface area contributed by atoms with Crippen molar-refractivity contribution in [3.05, 3.63) is 70.8 Å². The van der Waals surface area contributed by atoms with Gasteiger partial charge in [0.2, 0.25) is 0 Å². The van der Waals surface area contributed by atoms with Crippen LogP contribution in [-0.4, -0.2) is 44.3 Å². The summed E-state index contributed by atoms with van der Waals surface area (Å²) in [6.07, 6.45) is 0. The Morgan fingerprint density at radius 2 is 1.17 bits per heavy atom. The van der Waals surface area contributed by atoms with E-state index in [2.05, 4.69) is 0 Å². The Labute approximate surface area is 167 Å². The lowest BCUT2D eigenvalue weighted by molar-refractivity contribution is 0.0653. The molecule has 4 aromatic rings. The predicted octanol–water partition coefficient (Wildman–Crippen LogP) is 3.94. The van der Waals surface area contributed by atoms with E-state index >= 15 is 0 Å². The molecule has 8 nitrogen and oxygen atoms in total. The summed E-state index contributed by atoms with van der Waals surface area (Å²) in [5, 5.41) is 39.7. The van der Waals surface area contributed by atoms with Gasteiger partial charge < -0.3 is 20.4 Å². The summed E-state index contributed by atoms with van der Waals surface area (Å²) < 4.78 is 0. The Morgan fingerprint density at radius 3 is 1.77 bits per heavy atom. The molecule has 8 heteroatoms. The quantitative estimate of drug-likeness (QED) is 0.374. The van der Waals surface area contributed by atoms with Crippen LogP contribution >= 0.6 is 0 Å². The van der Waals surface area contributed by atoms with E-state index in [4.69, 9.17) is 0 Å². The van der Waals surface area contributed by atoms with Crippen molar-refractivity contribution in [2.45, 2.75) is 0 Å². The zero-order chi connectivity index (χ0) is 21.7. The predicted molar refractivity (Wildman–Crippen MR) is 107 cm³/mol. The average Bonchev–Trinajstić information content (AvgIpc) is 2.68. The summed E-state index contributed by atoms with van der Waals surface area (Å²) in [6, 6.07) is 11.3. The molecular weight excluding hydrogens is 392 g/mol. The monoisotopic (exact) mass is 404 g/mol. The van der Waals surface area contributed by atoms with E-state index in [1.54, 1.807) is 18.2 Å². The summed E-state index contributed by atoms with van der Waals surface area (Å²) in [5.74, 6) is -5.47. The SMILES string of the molecule is O=C(O)c1ccc2c(C(=O)O)c3cc4c(C(=O)O)cccc4cc3cc2c1C(=O)O. The molecule has 0 atom stereocenters. The standard InChI is InChI=1S/C22H12O8/c23-19(24)12-3-1-2-9-6-10-7-16-11(17(21(27)28)15(10)8-14(9)12)4-5-13(20(25)26)18(16)22(29)30/h1-8H,(H,23,24)(H,25,26)(H,27,28)(H,29,30). The molecule has 0 bridgehead atoms. The number of rotatable bonds is 4. The van der Waals surface area contributed by atoms with Crippen LogP contribution in [0.1, 0.15) is 41.4 Å². The van der Waals surface area contributed by atoms with Crippen LogP contribution in [0.5, 0.6) is 0 Å². The first-order valence-electron chi connectivity index (χ1n) is 8.60. The van der Waals surface area contributed by atoms with Crippen molar-refractivity contribution < 1.29 is 39.6 Å². The highest BCUT2D eigenvalue weighted by Crippen LogP contribution is 2.35. The van der Waals surface area contributed by atoms with Crippen LogP contribution in [-0.2, 0) is 0 Å². The molecular formula is C22H12O8. The Bertz CT molecular complexity index is 1450. The molecule has 0 unspecified atom stereocenters. The fraction of sp³-hybridized carbons (Fsp3) is 0. The zero-order valence-electron chi connectivity index (χ0n) is 15.0. The van der Waals surface area contributed by atoms with E-state index in [0.29, 0.717) is 16.2 Å². The first kappa shape index (κ1) is 18.9. The normalized spacial score (nSPS) is 11.1. The minimum atomic E-state index is -1.50. The third kappa shape index (κ3) is 2.70. The number of fused-ring (bicyclic) bond motifs is 3. The molecule has 0 spiro atoms. The van der Waals surface area contributed by atoms with E-state index in [1.807, 2.05) is 0 Å². The Balaban J connectivity index is 2.27. The summed E-state index contributed by atoms with van der Waals surface area (Å²) in [6.45, 7) is 0. The Hall–Kier alpha value is -4.46. The molecule has 30 heavy (non-hydrogen) atoms. The number of carboxylic acid groups (broad SMARTS) is 4. The topological polar surface area (TPSA) is 149 Å². The molecule has 0 heterocycles. The zero-order valence-corrected chi connectivity index (χ0v) is 15.0.